The predicted molar refractivity (Wildman–Crippen MR) is 74.6 cm³/mol. The maximum Gasteiger partial charge on any atom is 0.0367 e. The van der Waals surface area contributed by atoms with Crippen LogP contribution in [0.25, 0.3) is 0 Å². The number of para-hydroxylation sites is 1. The van der Waals surface area contributed by atoms with Gasteiger partial charge < -0.3 is 4.90 Å². The Morgan fingerprint density at radius 3 is 2.12 bits per heavy atom. The summed E-state index contributed by atoms with van der Waals surface area (Å²) in [5.74, 6) is 0. The van der Waals surface area contributed by atoms with Gasteiger partial charge in [0, 0.05) is 37.4 Å². The summed E-state index contributed by atoms with van der Waals surface area (Å²) in [5, 5.41) is 0. The molecule has 1 aliphatic rings. The highest BCUT2D eigenvalue weighted by molar-refractivity contribution is 5.46. The summed E-state index contributed by atoms with van der Waals surface area (Å²) in [6.45, 7) is 11.6. The molecule has 0 atom stereocenters. The minimum Gasteiger partial charge on any atom is -0.369 e. The molecule has 2 nitrogen and oxygen atoms in total. The van der Waals surface area contributed by atoms with Crippen LogP contribution in [0.2, 0.25) is 0 Å². The fourth-order valence-corrected chi connectivity index (χ4v) is 2.43. The van der Waals surface area contributed by atoms with E-state index in [9.17, 15) is 0 Å². The average Bonchev–Trinajstić information content (AvgIpc) is 2.40. The van der Waals surface area contributed by atoms with Gasteiger partial charge in [0.15, 0.2) is 0 Å². The normalized spacial score (nSPS) is 18.4. The van der Waals surface area contributed by atoms with Crippen LogP contribution in [0.4, 0.5) is 5.69 Å². The Bertz CT molecular complexity index is 337. The van der Waals surface area contributed by atoms with Crippen LogP contribution in [0.3, 0.4) is 0 Å². The topological polar surface area (TPSA) is 6.48 Å². The lowest BCUT2D eigenvalue weighted by Gasteiger charge is -2.44. The van der Waals surface area contributed by atoms with Crippen LogP contribution in [0, 0.1) is 0 Å². The highest BCUT2D eigenvalue weighted by Crippen LogP contribution is 2.22. The number of rotatable bonds is 3. The maximum absolute atomic E-state index is 2.62. The van der Waals surface area contributed by atoms with Gasteiger partial charge in [0.25, 0.3) is 0 Å². The minimum atomic E-state index is 0.350. The molecule has 0 spiro atoms. The predicted octanol–water partition coefficient (Wildman–Crippen LogP) is 3.00. The molecule has 0 radical (unpaired) electrons. The van der Waals surface area contributed by atoms with Crippen molar-refractivity contribution in [3.8, 4) is 0 Å². The summed E-state index contributed by atoms with van der Waals surface area (Å²) in [7, 11) is 0. The van der Waals surface area contributed by atoms with E-state index >= 15 is 0 Å². The van der Waals surface area contributed by atoms with E-state index in [0.29, 0.717) is 5.54 Å². The van der Waals surface area contributed by atoms with Crippen LogP contribution in [0.1, 0.15) is 27.2 Å². The van der Waals surface area contributed by atoms with Gasteiger partial charge in [-0.05, 0) is 32.4 Å². The van der Waals surface area contributed by atoms with Crippen molar-refractivity contribution in [3.05, 3.63) is 30.3 Å². The molecule has 2 heteroatoms. The first-order chi connectivity index (χ1) is 8.13. The Morgan fingerprint density at radius 2 is 1.59 bits per heavy atom. The van der Waals surface area contributed by atoms with Crippen molar-refractivity contribution in [1.82, 2.24) is 4.90 Å². The number of hydrogen-bond donors (Lipinski definition) is 0. The molecule has 0 amide bonds. The first kappa shape index (κ1) is 12.4. The summed E-state index contributed by atoms with van der Waals surface area (Å²) in [4.78, 5) is 5.11. The first-order valence-corrected chi connectivity index (χ1v) is 6.68. The third kappa shape index (κ3) is 2.81. The fraction of sp³-hybridized carbons (Fsp3) is 0.600. The van der Waals surface area contributed by atoms with Gasteiger partial charge in [-0.25, -0.2) is 0 Å². The molecule has 0 aliphatic carbocycles. The van der Waals surface area contributed by atoms with E-state index in [1.54, 1.807) is 0 Å². The lowest BCUT2D eigenvalue weighted by molar-refractivity contribution is 0.108. The number of benzene rings is 1. The molecule has 1 aromatic carbocycles. The molecule has 0 aromatic heterocycles. The number of piperazine rings is 1. The van der Waals surface area contributed by atoms with Crippen LogP contribution < -0.4 is 4.90 Å². The van der Waals surface area contributed by atoms with Gasteiger partial charge in [-0.15, -0.1) is 0 Å². The molecule has 0 unspecified atom stereocenters. The largest absolute Gasteiger partial charge is 0.369 e. The van der Waals surface area contributed by atoms with Crippen molar-refractivity contribution >= 4 is 5.69 Å². The smallest absolute Gasteiger partial charge is 0.0367 e. The molecule has 2 rings (SSSR count). The molecule has 0 bridgehead atoms. The Kier molecular flexibility index (Phi) is 3.72. The third-order valence-corrected chi connectivity index (χ3v) is 4.12. The Balaban J connectivity index is 1.95. The van der Waals surface area contributed by atoms with Crippen LogP contribution in [-0.2, 0) is 0 Å². The van der Waals surface area contributed by atoms with Crippen LogP contribution in [-0.4, -0.2) is 36.6 Å². The summed E-state index contributed by atoms with van der Waals surface area (Å²) < 4.78 is 0. The van der Waals surface area contributed by atoms with Gasteiger partial charge in [-0.3, -0.25) is 4.90 Å². The lowest BCUT2D eigenvalue weighted by Crippen LogP contribution is -2.54. The minimum absolute atomic E-state index is 0.350. The summed E-state index contributed by atoms with van der Waals surface area (Å²) >= 11 is 0. The monoisotopic (exact) mass is 232 g/mol. The molecule has 94 valence electrons. The standard InChI is InChI=1S/C15H24N2/c1-4-15(2,3)17-12-10-16(11-13-17)14-8-6-5-7-9-14/h5-9H,4,10-13H2,1-3H3. The number of nitrogens with zero attached hydrogens (tertiary/aromatic N) is 2. The summed E-state index contributed by atoms with van der Waals surface area (Å²) in [6.07, 6.45) is 1.22. The molecule has 0 saturated carbocycles. The van der Waals surface area contributed by atoms with Crippen molar-refractivity contribution in [2.24, 2.45) is 0 Å². The third-order valence-electron chi connectivity index (χ3n) is 4.12. The number of anilines is 1. The zero-order chi connectivity index (χ0) is 12.3. The average molecular weight is 232 g/mol. The van der Waals surface area contributed by atoms with Crippen molar-refractivity contribution in [2.45, 2.75) is 32.7 Å². The van der Waals surface area contributed by atoms with Crippen molar-refractivity contribution in [3.63, 3.8) is 0 Å². The second-order valence-electron chi connectivity index (χ2n) is 5.48. The molecule has 1 heterocycles. The van der Waals surface area contributed by atoms with Crippen LogP contribution in [0.5, 0.6) is 0 Å². The van der Waals surface area contributed by atoms with Gasteiger partial charge in [0.1, 0.15) is 0 Å². The van der Waals surface area contributed by atoms with Gasteiger partial charge in [-0.1, -0.05) is 25.1 Å². The maximum atomic E-state index is 2.62. The molecule has 1 aromatic rings. The quantitative estimate of drug-likeness (QED) is 0.790. The first-order valence-electron chi connectivity index (χ1n) is 6.68. The SMILES string of the molecule is CCC(C)(C)N1CCN(c2ccccc2)CC1. The molecular formula is C15H24N2. The molecule has 1 fully saturated rings. The van der Waals surface area contributed by atoms with Crippen LogP contribution in [0.15, 0.2) is 30.3 Å². The second kappa shape index (κ2) is 5.09. The van der Waals surface area contributed by atoms with Gasteiger partial charge >= 0.3 is 0 Å². The fourth-order valence-electron chi connectivity index (χ4n) is 2.43. The molecule has 1 saturated heterocycles. The zero-order valence-corrected chi connectivity index (χ0v) is 11.3. The summed E-state index contributed by atoms with van der Waals surface area (Å²) in [6, 6.07) is 10.7. The van der Waals surface area contributed by atoms with Crippen molar-refractivity contribution in [2.75, 3.05) is 31.1 Å². The van der Waals surface area contributed by atoms with Crippen molar-refractivity contribution < 1.29 is 0 Å². The van der Waals surface area contributed by atoms with E-state index in [4.69, 9.17) is 0 Å². The zero-order valence-electron chi connectivity index (χ0n) is 11.3. The van der Waals surface area contributed by atoms with E-state index in [1.165, 1.54) is 25.2 Å². The molecular weight excluding hydrogens is 208 g/mol. The Labute approximate surface area is 105 Å². The van der Waals surface area contributed by atoms with Gasteiger partial charge in [0.05, 0.1) is 0 Å². The van der Waals surface area contributed by atoms with E-state index in [2.05, 4.69) is 60.9 Å². The molecule has 17 heavy (non-hydrogen) atoms. The summed E-state index contributed by atoms with van der Waals surface area (Å²) in [5.41, 5.74) is 1.71. The Hall–Kier alpha value is -1.02. The second-order valence-corrected chi connectivity index (χ2v) is 5.48. The Morgan fingerprint density at radius 1 is 1.00 bits per heavy atom. The molecule has 0 N–H and O–H groups in total. The van der Waals surface area contributed by atoms with E-state index in [-0.39, 0.29) is 0 Å². The number of hydrogen-bond acceptors (Lipinski definition) is 2. The van der Waals surface area contributed by atoms with Crippen LogP contribution >= 0.6 is 0 Å². The van der Waals surface area contributed by atoms with Gasteiger partial charge in [-0.2, -0.15) is 0 Å². The van der Waals surface area contributed by atoms with E-state index in [1.807, 2.05) is 0 Å². The lowest BCUT2D eigenvalue weighted by atomic mass is 9.98. The highest BCUT2D eigenvalue weighted by Gasteiger charge is 2.28. The van der Waals surface area contributed by atoms with E-state index in [0.717, 1.165) is 13.1 Å². The van der Waals surface area contributed by atoms with Crippen molar-refractivity contribution in [1.29, 1.82) is 0 Å². The molecule has 1 aliphatic heterocycles. The van der Waals surface area contributed by atoms with Gasteiger partial charge in [0.2, 0.25) is 0 Å². The highest BCUT2D eigenvalue weighted by atomic mass is 15.3. The van der Waals surface area contributed by atoms with E-state index < -0.39 is 0 Å².